The highest BCUT2D eigenvalue weighted by Crippen LogP contribution is 2.65. The molecule has 0 heterocycles. The van der Waals surface area contributed by atoms with Gasteiger partial charge < -0.3 is 4.74 Å². The Hall–Kier alpha value is -0.790. The molecule has 0 radical (unpaired) electrons. The number of carbonyl (C=O) groups is 1. The molecule has 0 aromatic rings. The minimum absolute atomic E-state index is 0.195. The van der Waals surface area contributed by atoms with Gasteiger partial charge in [0.25, 0.3) is 0 Å². The summed E-state index contributed by atoms with van der Waals surface area (Å²) in [5.41, 5.74) is -0.0634. The van der Waals surface area contributed by atoms with Crippen LogP contribution in [0.15, 0.2) is 12.7 Å². The predicted molar refractivity (Wildman–Crippen MR) is 66.4 cm³/mol. The van der Waals surface area contributed by atoms with Gasteiger partial charge in [0.05, 0.1) is 0 Å². The van der Waals surface area contributed by atoms with E-state index in [1.54, 1.807) is 0 Å². The molecule has 0 aliphatic heterocycles. The number of hydrogen-bond acceptors (Lipinski definition) is 2. The van der Waals surface area contributed by atoms with Crippen LogP contribution in [0.5, 0.6) is 0 Å². The summed E-state index contributed by atoms with van der Waals surface area (Å²) in [6.07, 6.45) is 7.71. The fourth-order valence-corrected chi connectivity index (χ4v) is 5.06. The van der Waals surface area contributed by atoms with Gasteiger partial charge in [-0.2, -0.15) is 0 Å². The maximum absolute atomic E-state index is 11.6. The Morgan fingerprint density at radius 2 is 1.82 bits per heavy atom. The van der Waals surface area contributed by atoms with E-state index in [-0.39, 0.29) is 17.0 Å². The quantitative estimate of drug-likeness (QED) is 0.541. The van der Waals surface area contributed by atoms with E-state index in [0.29, 0.717) is 5.92 Å². The summed E-state index contributed by atoms with van der Waals surface area (Å²) >= 11 is 0. The lowest BCUT2D eigenvalue weighted by Crippen LogP contribution is -2.63. The summed E-state index contributed by atoms with van der Waals surface area (Å²) in [7, 11) is 0. The van der Waals surface area contributed by atoms with Crippen molar-refractivity contribution in [3.05, 3.63) is 12.7 Å². The van der Waals surface area contributed by atoms with Crippen molar-refractivity contribution in [3.8, 4) is 0 Å². The average molecular weight is 234 g/mol. The molecule has 3 unspecified atom stereocenters. The Balaban J connectivity index is 1.93. The van der Waals surface area contributed by atoms with Crippen molar-refractivity contribution in [2.75, 3.05) is 0 Å². The van der Waals surface area contributed by atoms with Crippen LogP contribution < -0.4 is 0 Å². The third-order valence-corrected chi connectivity index (χ3v) is 5.84. The molecule has 94 valence electrons. The fourth-order valence-electron chi connectivity index (χ4n) is 5.06. The van der Waals surface area contributed by atoms with Gasteiger partial charge in [-0.25, -0.2) is 4.79 Å². The van der Waals surface area contributed by atoms with Crippen LogP contribution in [0.25, 0.3) is 0 Å². The Labute approximate surface area is 103 Å². The van der Waals surface area contributed by atoms with Gasteiger partial charge in [0.2, 0.25) is 0 Å². The van der Waals surface area contributed by atoms with Crippen molar-refractivity contribution in [2.24, 2.45) is 23.2 Å². The van der Waals surface area contributed by atoms with Crippen LogP contribution >= 0.6 is 0 Å². The highest BCUT2D eigenvalue weighted by molar-refractivity contribution is 5.81. The van der Waals surface area contributed by atoms with Gasteiger partial charge in [-0.1, -0.05) is 13.5 Å². The van der Waals surface area contributed by atoms with Crippen molar-refractivity contribution in [3.63, 3.8) is 0 Å². The Morgan fingerprint density at radius 3 is 2.29 bits per heavy atom. The molecule has 0 saturated heterocycles. The standard InChI is InChI=1S/C15H22O2/c1-4-13(16)17-15(3)12-6-10-5-11(7-12)9-14(15,2)8-10/h4,10-12H,1,5-9H2,2-3H3. The van der Waals surface area contributed by atoms with E-state index in [2.05, 4.69) is 20.4 Å². The number of rotatable bonds is 2. The molecule has 0 amide bonds. The first kappa shape index (κ1) is 11.3. The smallest absolute Gasteiger partial charge is 0.330 e. The summed E-state index contributed by atoms with van der Waals surface area (Å²) in [5.74, 6) is 2.09. The third kappa shape index (κ3) is 1.42. The Kier molecular flexibility index (Phi) is 2.24. The molecule has 0 aromatic carbocycles. The van der Waals surface area contributed by atoms with Gasteiger partial charge in [-0.3, -0.25) is 0 Å². The lowest BCUT2D eigenvalue weighted by molar-refractivity contribution is -0.230. The summed E-state index contributed by atoms with van der Waals surface area (Å²) in [6, 6.07) is 0. The zero-order valence-corrected chi connectivity index (χ0v) is 10.9. The van der Waals surface area contributed by atoms with Crippen molar-refractivity contribution in [1.29, 1.82) is 0 Å². The molecule has 17 heavy (non-hydrogen) atoms. The van der Waals surface area contributed by atoms with E-state index >= 15 is 0 Å². The second kappa shape index (κ2) is 3.37. The average Bonchev–Trinajstić information content (AvgIpc) is 2.25. The highest BCUT2D eigenvalue weighted by atomic mass is 16.6. The van der Waals surface area contributed by atoms with Crippen molar-refractivity contribution in [1.82, 2.24) is 0 Å². The van der Waals surface area contributed by atoms with E-state index in [1.165, 1.54) is 38.2 Å². The molecule has 4 aliphatic rings. The molecule has 0 N–H and O–H groups in total. The maximum Gasteiger partial charge on any atom is 0.330 e. The van der Waals surface area contributed by atoms with Gasteiger partial charge in [0.15, 0.2) is 0 Å². The molecule has 2 nitrogen and oxygen atoms in total. The van der Waals surface area contributed by atoms with Crippen LogP contribution in [0.3, 0.4) is 0 Å². The van der Waals surface area contributed by atoms with Crippen LogP contribution in [0.1, 0.15) is 46.0 Å². The number of ether oxygens (including phenoxy) is 1. The summed E-state index contributed by atoms with van der Waals surface area (Å²) in [6.45, 7) is 8.01. The molecule has 0 aromatic heterocycles. The zero-order valence-electron chi connectivity index (χ0n) is 10.9. The van der Waals surface area contributed by atoms with E-state index in [0.717, 1.165) is 11.8 Å². The van der Waals surface area contributed by atoms with Crippen molar-refractivity contribution in [2.45, 2.75) is 51.6 Å². The molecule has 4 aliphatic carbocycles. The summed E-state index contributed by atoms with van der Waals surface area (Å²) in [4.78, 5) is 11.6. The van der Waals surface area contributed by atoms with E-state index in [1.807, 2.05) is 0 Å². The van der Waals surface area contributed by atoms with Gasteiger partial charge in [-0.05, 0) is 56.8 Å². The SMILES string of the molecule is C=CC(=O)OC1(C)C2CC3CC(C2)CC1(C)C3. The van der Waals surface area contributed by atoms with E-state index in [4.69, 9.17) is 4.74 Å². The predicted octanol–water partition coefficient (Wildman–Crippen LogP) is 3.32. The van der Waals surface area contributed by atoms with Gasteiger partial charge in [0.1, 0.15) is 5.60 Å². The van der Waals surface area contributed by atoms with Crippen LogP contribution in [0.4, 0.5) is 0 Å². The maximum atomic E-state index is 11.6. The number of hydrogen-bond donors (Lipinski definition) is 0. The molecule has 4 bridgehead atoms. The first-order chi connectivity index (χ1) is 7.97. The molecule has 3 atom stereocenters. The van der Waals surface area contributed by atoms with Crippen LogP contribution in [0, 0.1) is 23.2 Å². The lowest BCUT2D eigenvalue weighted by Gasteiger charge is -2.64. The topological polar surface area (TPSA) is 26.3 Å². The summed E-state index contributed by atoms with van der Waals surface area (Å²) in [5, 5.41) is 0. The summed E-state index contributed by atoms with van der Waals surface area (Å²) < 4.78 is 5.81. The molecule has 4 rings (SSSR count). The molecule has 0 spiro atoms. The second-order valence-corrected chi connectivity index (χ2v) is 6.84. The third-order valence-electron chi connectivity index (χ3n) is 5.84. The molecule has 4 saturated carbocycles. The van der Waals surface area contributed by atoms with E-state index in [9.17, 15) is 4.79 Å². The Morgan fingerprint density at radius 1 is 1.24 bits per heavy atom. The normalized spacial score (nSPS) is 51.3. The van der Waals surface area contributed by atoms with Gasteiger partial charge >= 0.3 is 5.97 Å². The van der Waals surface area contributed by atoms with Gasteiger partial charge in [0, 0.05) is 11.5 Å². The number of carbonyl (C=O) groups excluding carboxylic acids is 1. The van der Waals surface area contributed by atoms with Crippen molar-refractivity contribution >= 4 is 5.97 Å². The minimum Gasteiger partial charge on any atom is -0.455 e. The zero-order chi connectivity index (χ0) is 12.3. The lowest BCUT2D eigenvalue weighted by atomic mass is 9.44. The Bertz CT molecular complexity index is 359. The van der Waals surface area contributed by atoms with Crippen LogP contribution in [-0.2, 0) is 9.53 Å². The van der Waals surface area contributed by atoms with Crippen molar-refractivity contribution < 1.29 is 9.53 Å². The first-order valence-corrected chi connectivity index (χ1v) is 6.82. The largest absolute Gasteiger partial charge is 0.455 e. The minimum atomic E-state index is -0.258. The van der Waals surface area contributed by atoms with E-state index < -0.39 is 0 Å². The fraction of sp³-hybridized carbons (Fsp3) is 0.800. The molecular formula is C15H22O2. The van der Waals surface area contributed by atoms with Crippen LogP contribution in [0.2, 0.25) is 0 Å². The van der Waals surface area contributed by atoms with Gasteiger partial charge in [-0.15, -0.1) is 0 Å². The monoisotopic (exact) mass is 234 g/mol. The molecular weight excluding hydrogens is 212 g/mol. The second-order valence-electron chi connectivity index (χ2n) is 6.84. The van der Waals surface area contributed by atoms with Crippen LogP contribution in [-0.4, -0.2) is 11.6 Å². The number of esters is 1. The molecule has 4 fully saturated rings. The highest BCUT2D eigenvalue weighted by Gasteiger charge is 2.63. The molecule has 2 heteroatoms. The first-order valence-electron chi connectivity index (χ1n) is 6.82.